The van der Waals surface area contributed by atoms with Crippen LogP contribution in [0.4, 0.5) is 5.69 Å². The summed E-state index contributed by atoms with van der Waals surface area (Å²) in [5.41, 5.74) is 4.70. The number of unbranched alkanes of at least 4 members (excludes halogenated alkanes) is 1. The van der Waals surface area contributed by atoms with Crippen LogP contribution in [0, 0.1) is 6.92 Å². The van der Waals surface area contributed by atoms with Crippen molar-refractivity contribution in [3.8, 4) is 0 Å². The van der Waals surface area contributed by atoms with E-state index in [9.17, 15) is 4.79 Å². The van der Waals surface area contributed by atoms with Crippen molar-refractivity contribution >= 4 is 23.2 Å². The van der Waals surface area contributed by atoms with Crippen LogP contribution in [0.25, 0.3) is 0 Å². The molecule has 23 heavy (non-hydrogen) atoms. The molecular formula is C18H22ClN3O. The van der Waals surface area contributed by atoms with Crippen LogP contribution in [0.3, 0.4) is 0 Å². The van der Waals surface area contributed by atoms with Crippen LogP contribution < -0.4 is 5.32 Å². The van der Waals surface area contributed by atoms with Gasteiger partial charge in [0.15, 0.2) is 0 Å². The number of hydrogen-bond acceptors (Lipinski definition) is 2. The fourth-order valence-electron chi connectivity index (χ4n) is 3.11. The molecule has 0 aliphatic heterocycles. The summed E-state index contributed by atoms with van der Waals surface area (Å²) >= 11 is 6.36. The van der Waals surface area contributed by atoms with Gasteiger partial charge in [-0.1, -0.05) is 31.0 Å². The van der Waals surface area contributed by atoms with E-state index < -0.39 is 0 Å². The Morgan fingerprint density at radius 1 is 1.35 bits per heavy atom. The van der Waals surface area contributed by atoms with E-state index >= 15 is 0 Å². The number of anilines is 1. The van der Waals surface area contributed by atoms with E-state index in [1.54, 1.807) is 4.68 Å². The molecule has 0 radical (unpaired) electrons. The third kappa shape index (κ3) is 3.27. The third-order valence-corrected chi connectivity index (χ3v) is 4.76. The molecule has 0 saturated heterocycles. The van der Waals surface area contributed by atoms with Gasteiger partial charge in [-0.15, -0.1) is 0 Å². The predicted octanol–water partition coefficient (Wildman–Crippen LogP) is 4.39. The molecule has 1 N–H and O–H groups in total. The standard InChI is InChI=1S/C18H22ClN3O/c1-3-4-10-22-17(19)16(12(2)21-22)18(23)20-15-9-8-13-6-5-7-14(13)11-15/h8-9,11H,3-7,10H2,1-2H3,(H,20,23). The molecule has 4 nitrogen and oxygen atoms in total. The van der Waals surface area contributed by atoms with Crippen molar-refractivity contribution in [1.82, 2.24) is 9.78 Å². The summed E-state index contributed by atoms with van der Waals surface area (Å²) in [6.07, 6.45) is 5.48. The molecule has 0 unspecified atom stereocenters. The average Bonchev–Trinajstić information content (AvgIpc) is 3.09. The number of fused-ring (bicyclic) bond motifs is 1. The molecule has 122 valence electrons. The van der Waals surface area contributed by atoms with Crippen molar-refractivity contribution in [3.63, 3.8) is 0 Å². The van der Waals surface area contributed by atoms with E-state index in [1.165, 1.54) is 17.5 Å². The maximum Gasteiger partial charge on any atom is 0.260 e. The van der Waals surface area contributed by atoms with Crippen LogP contribution in [0.1, 0.15) is 53.4 Å². The molecule has 0 bridgehead atoms. The van der Waals surface area contributed by atoms with Crippen molar-refractivity contribution < 1.29 is 4.79 Å². The van der Waals surface area contributed by atoms with Crippen molar-refractivity contribution in [2.24, 2.45) is 0 Å². The van der Waals surface area contributed by atoms with Gasteiger partial charge in [0.25, 0.3) is 5.91 Å². The number of carbonyl (C=O) groups excluding carboxylic acids is 1. The highest BCUT2D eigenvalue weighted by atomic mass is 35.5. The fourth-order valence-corrected chi connectivity index (χ4v) is 3.46. The van der Waals surface area contributed by atoms with Crippen LogP contribution in [0.15, 0.2) is 18.2 Å². The summed E-state index contributed by atoms with van der Waals surface area (Å²) in [7, 11) is 0. The topological polar surface area (TPSA) is 46.9 Å². The number of carbonyl (C=O) groups is 1. The van der Waals surface area contributed by atoms with Crippen molar-refractivity contribution in [3.05, 3.63) is 45.7 Å². The molecule has 2 aromatic rings. The Morgan fingerprint density at radius 2 is 2.13 bits per heavy atom. The highest BCUT2D eigenvalue weighted by molar-refractivity contribution is 6.33. The zero-order chi connectivity index (χ0) is 16.4. The molecule has 1 amide bonds. The Bertz CT molecular complexity index is 736. The van der Waals surface area contributed by atoms with Gasteiger partial charge in [-0.05, 0) is 55.9 Å². The van der Waals surface area contributed by atoms with E-state index in [0.29, 0.717) is 16.4 Å². The van der Waals surface area contributed by atoms with Crippen LogP contribution in [-0.4, -0.2) is 15.7 Å². The highest BCUT2D eigenvalue weighted by Crippen LogP contribution is 2.26. The number of nitrogens with zero attached hydrogens (tertiary/aromatic N) is 2. The van der Waals surface area contributed by atoms with Gasteiger partial charge < -0.3 is 5.32 Å². The molecule has 0 fully saturated rings. The van der Waals surface area contributed by atoms with Crippen molar-refractivity contribution in [1.29, 1.82) is 0 Å². The molecule has 0 atom stereocenters. The largest absolute Gasteiger partial charge is 0.322 e. The van der Waals surface area contributed by atoms with E-state index in [4.69, 9.17) is 11.6 Å². The number of benzene rings is 1. The summed E-state index contributed by atoms with van der Waals surface area (Å²) in [6, 6.07) is 6.15. The number of rotatable bonds is 5. The van der Waals surface area contributed by atoms with Crippen LogP contribution in [0.2, 0.25) is 5.15 Å². The second kappa shape index (κ2) is 6.75. The lowest BCUT2D eigenvalue weighted by atomic mass is 10.1. The molecule has 1 heterocycles. The molecule has 1 aliphatic carbocycles. The number of aromatic nitrogens is 2. The number of hydrogen-bond donors (Lipinski definition) is 1. The summed E-state index contributed by atoms with van der Waals surface area (Å²) in [4.78, 5) is 12.6. The zero-order valence-corrected chi connectivity index (χ0v) is 14.4. The van der Waals surface area contributed by atoms with Crippen molar-refractivity contribution in [2.45, 2.75) is 52.5 Å². The Kier molecular flexibility index (Phi) is 4.71. The van der Waals surface area contributed by atoms with Gasteiger partial charge in [0.1, 0.15) is 5.15 Å². The normalized spacial score (nSPS) is 13.2. The lowest BCUT2D eigenvalue weighted by Crippen LogP contribution is -2.13. The summed E-state index contributed by atoms with van der Waals surface area (Å²) in [5, 5.41) is 7.78. The number of aryl methyl sites for hydroxylation is 4. The zero-order valence-electron chi connectivity index (χ0n) is 13.7. The first-order valence-electron chi connectivity index (χ1n) is 8.26. The summed E-state index contributed by atoms with van der Waals surface area (Å²) in [5.74, 6) is -0.187. The van der Waals surface area contributed by atoms with Gasteiger partial charge in [0.2, 0.25) is 0 Å². The number of amides is 1. The Hall–Kier alpha value is -1.81. The molecule has 5 heteroatoms. The van der Waals surface area contributed by atoms with E-state index in [1.807, 2.05) is 13.0 Å². The molecular weight excluding hydrogens is 310 g/mol. The quantitative estimate of drug-likeness (QED) is 0.883. The Morgan fingerprint density at radius 3 is 2.91 bits per heavy atom. The maximum absolute atomic E-state index is 12.6. The van der Waals surface area contributed by atoms with E-state index in [2.05, 4.69) is 29.5 Å². The van der Waals surface area contributed by atoms with E-state index in [0.717, 1.165) is 37.9 Å². The minimum atomic E-state index is -0.187. The van der Waals surface area contributed by atoms with Gasteiger partial charge in [0.05, 0.1) is 11.3 Å². The molecule has 1 aromatic carbocycles. The molecule has 0 spiro atoms. The monoisotopic (exact) mass is 331 g/mol. The fraction of sp³-hybridized carbons (Fsp3) is 0.444. The lowest BCUT2D eigenvalue weighted by Gasteiger charge is -2.08. The lowest BCUT2D eigenvalue weighted by molar-refractivity contribution is 0.102. The van der Waals surface area contributed by atoms with Gasteiger partial charge >= 0.3 is 0 Å². The number of nitrogens with one attached hydrogen (secondary N) is 1. The van der Waals surface area contributed by atoms with Crippen LogP contribution >= 0.6 is 11.6 Å². The minimum absolute atomic E-state index is 0.187. The molecule has 0 saturated carbocycles. The first kappa shape index (κ1) is 16.1. The molecule has 3 rings (SSSR count). The second-order valence-electron chi connectivity index (χ2n) is 6.12. The predicted molar refractivity (Wildman–Crippen MR) is 93.3 cm³/mol. The number of halogens is 1. The average molecular weight is 332 g/mol. The molecule has 1 aromatic heterocycles. The van der Waals surface area contributed by atoms with Crippen molar-refractivity contribution in [2.75, 3.05) is 5.32 Å². The first-order valence-corrected chi connectivity index (χ1v) is 8.64. The molecule has 1 aliphatic rings. The highest BCUT2D eigenvalue weighted by Gasteiger charge is 2.21. The van der Waals surface area contributed by atoms with Gasteiger partial charge in [-0.2, -0.15) is 5.10 Å². The summed E-state index contributed by atoms with van der Waals surface area (Å²) < 4.78 is 1.72. The van der Waals surface area contributed by atoms with Gasteiger partial charge in [-0.3, -0.25) is 9.48 Å². The summed E-state index contributed by atoms with van der Waals surface area (Å²) in [6.45, 7) is 4.68. The van der Waals surface area contributed by atoms with E-state index in [-0.39, 0.29) is 5.91 Å². The second-order valence-corrected chi connectivity index (χ2v) is 6.48. The van der Waals surface area contributed by atoms with Crippen LogP contribution in [-0.2, 0) is 19.4 Å². The minimum Gasteiger partial charge on any atom is -0.322 e. The Balaban J connectivity index is 1.79. The first-order chi connectivity index (χ1) is 11.1. The maximum atomic E-state index is 12.6. The van der Waals surface area contributed by atoms with Gasteiger partial charge in [0, 0.05) is 12.2 Å². The third-order valence-electron chi connectivity index (χ3n) is 4.37. The smallest absolute Gasteiger partial charge is 0.260 e. The Labute approximate surface area is 141 Å². The SMILES string of the molecule is CCCCn1nc(C)c(C(=O)Nc2ccc3c(c2)CCC3)c1Cl. The van der Waals surface area contributed by atoms with Gasteiger partial charge in [-0.25, -0.2) is 0 Å². The van der Waals surface area contributed by atoms with Crippen LogP contribution in [0.5, 0.6) is 0 Å².